The highest BCUT2D eigenvalue weighted by molar-refractivity contribution is 7.21. The molecule has 0 unspecified atom stereocenters. The molecule has 3 aromatic heterocycles. The second-order valence-electron chi connectivity index (χ2n) is 8.58. The molecule has 0 spiro atoms. The molecule has 2 N–H and O–H groups in total. The number of anilines is 1. The highest BCUT2D eigenvalue weighted by Crippen LogP contribution is 2.42. The van der Waals surface area contributed by atoms with Crippen LogP contribution in [0, 0.1) is 0 Å². The second-order valence-corrected chi connectivity index (χ2v) is 9.57. The Morgan fingerprint density at radius 3 is 2.69 bits per heavy atom. The van der Waals surface area contributed by atoms with Gasteiger partial charge in [0, 0.05) is 32.2 Å². The molecule has 1 aromatic carbocycles. The second kappa shape index (κ2) is 8.84. The van der Waals surface area contributed by atoms with E-state index in [1.807, 2.05) is 6.33 Å². The Kier molecular flexibility index (Phi) is 5.92. The van der Waals surface area contributed by atoms with Gasteiger partial charge in [0.15, 0.2) is 0 Å². The van der Waals surface area contributed by atoms with Crippen molar-refractivity contribution < 1.29 is 0 Å². The normalized spacial score (nSPS) is 17.7. The first-order valence-electron chi connectivity index (χ1n) is 11.2. The topological polar surface area (TPSA) is 78.8 Å². The lowest BCUT2D eigenvalue weighted by Crippen LogP contribution is -2.43. The van der Waals surface area contributed by atoms with E-state index in [2.05, 4.69) is 43.0 Å². The van der Waals surface area contributed by atoms with Crippen LogP contribution in [0.4, 0.5) is 5.00 Å². The van der Waals surface area contributed by atoms with Crippen LogP contribution in [0.3, 0.4) is 0 Å². The molecule has 0 bridgehead atoms. The zero-order chi connectivity index (χ0) is 20.8. The van der Waals surface area contributed by atoms with E-state index >= 15 is 0 Å². The molecule has 1 aliphatic carbocycles. The van der Waals surface area contributed by atoms with Gasteiger partial charge in [-0.2, -0.15) is 0 Å². The number of fused-ring (bicyclic) bond motifs is 2. The molecule has 9 heteroatoms. The van der Waals surface area contributed by atoms with Gasteiger partial charge in [-0.15, -0.1) is 23.7 Å². The Balaban J connectivity index is 0.00000216. The third kappa shape index (κ3) is 3.60. The maximum Gasteiger partial charge on any atom is 0.261 e. The Hall–Kier alpha value is -2.42. The van der Waals surface area contributed by atoms with Gasteiger partial charge in [-0.3, -0.25) is 4.79 Å². The molecule has 0 radical (unpaired) electrons. The largest absolute Gasteiger partial charge is 0.360 e. The number of rotatable bonds is 3. The molecule has 4 aromatic rings. The summed E-state index contributed by atoms with van der Waals surface area (Å²) in [5.74, 6) is 0. The van der Waals surface area contributed by atoms with Crippen molar-refractivity contribution in [3.8, 4) is 10.4 Å². The number of aromatic amines is 1. The molecular weight excluding hydrogens is 444 g/mol. The summed E-state index contributed by atoms with van der Waals surface area (Å²) < 4.78 is 2.36. The Labute approximate surface area is 196 Å². The minimum Gasteiger partial charge on any atom is -0.360 e. The number of thiophene rings is 1. The van der Waals surface area contributed by atoms with Crippen molar-refractivity contribution in [3.63, 3.8) is 0 Å². The van der Waals surface area contributed by atoms with E-state index in [0.29, 0.717) is 11.4 Å². The third-order valence-corrected chi connectivity index (χ3v) is 7.98. The van der Waals surface area contributed by atoms with Crippen LogP contribution in [-0.2, 0) is 0 Å². The molecule has 1 saturated heterocycles. The van der Waals surface area contributed by atoms with Gasteiger partial charge in [0.05, 0.1) is 34.1 Å². The summed E-state index contributed by atoms with van der Waals surface area (Å²) in [6.45, 7) is 3.65. The average Bonchev–Trinajstić information content (AvgIpc) is 3.42. The van der Waals surface area contributed by atoms with Crippen molar-refractivity contribution in [2.75, 3.05) is 31.1 Å². The first-order valence-corrected chi connectivity index (χ1v) is 12.0. The van der Waals surface area contributed by atoms with Gasteiger partial charge in [0.2, 0.25) is 0 Å². The molecule has 2 fully saturated rings. The minimum atomic E-state index is -0.0660. The van der Waals surface area contributed by atoms with Gasteiger partial charge >= 0.3 is 0 Å². The number of nitrogens with zero attached hydrogens (tertiary/aromatic N) is 4. The fourth-order valence-electron chi connectivity index (χ4n) is 5.08. The molecule has 32 heavy (non-hydrogen) atoms. The molecule has 6 rings (SSSR count). The van der Waals surface area contributed by atoms with Gasteiger partial charge in [0.25, 0.3) is 5.56 Å². The monoisotopic (exact) mass is 470 g/mol. The number of nitrogens with one attached hydrogen (secondary N) is 2. The number of H-pyrrole nitrogens is 1. The number of aromatic nitrogens is 4. The smallest absolute Gasteiger partial charge is 0.261 e. The fraction of sp³-hybridized carbons (Fsp3) is 0.435. The summed E-state index contributed by atoms with van der Waals surface area (Å²) in [7, 11) is 0. The summed E-state index contributed by atoms with van der Waals surface area (Å²) in [6, 6.07) is 7.07. The quantitative estimate of drug-likeness (QED) is 0.465. The molecule has 7 nitrogen and oxygen atoms in total. The maximum absolute atomic E-state index is 12.7. The lowest BCUT2D eigenvalue weighted by Gasteiger charge is -2.28. The number of hydrogen-bond acceptors (Lipinski definition) is 6. The van der Waals surface area contributed by atoms with Crippen molar-refractivity contribution in [1.29, 1.82) is 0 Å². The number of halogens is 1. The lowest BCUT2D eigenvalue weighted by atomic mass is 9.95. The van der Waals surface area contributed by atoms with Crippen LogP contribution < -0.4 is 15.8 Å². The molecule has 4 heterocycles. The Morgan fingerprint density at radius 2 is 1.88 bits per heavy atom. The first kappa shape index (κ1) is 21.4. The van der Waals surface area contributed by atoms with Crippen LogP contribution in [0.15, 0.2) is 35.6 Å². The molecule has 2 aliphatic rings. The highest BCUT2D eigenvalue weighted by atomic mass is 35.5. The van der Waals surface area contributed by atoms with Crippen LogP contribution in [-0.4, -0.2) is 45.7 Å². The standard InChI is InChI=1S/C23H26N6OS.ClH/c30-22-19-20(25-13-26-22)21(31-23(19)28-10-8-24-9-11-28)15-6-7-18-17(12-15)27-14-29(18)16-4-2-1-3-5-16;/h6-7,12-14,16,24H,1-5,8-11H2,(H,25,26,30);1H. The predicted octanol–water partition coefficient (Wildman–Crippen LogP) is 4.34. The predicted molar refractivity (Wildman–Crippen MR) is 133 cm³/mol. The zero-order valence-electron chi connectivity index (χ0n) is 17.8. The van der Waals surface area contributed by atoms with Gasteiger partial charge in [-0.05, 0) is 30.5 Å². The van der Waals surface area contributed by atoms with Gasteiger partial charge in [0.1, 0.15) is 10.4 Å². The molecule has 0 amide bonds. The summed E-state index contributed by atoms with van der Waals surface area (Å²) >= 11 is 1.67. The number of imidazole rings is 1. The van der Waals surface area contributed by atoms with E-state index in [1.165, 1.54) is 43.9 Å². The van der Waals surface area contributed by atoms with Gasteiger partial charge in [-0.1, -0.05) is 25.3 Å². The van der Waals surface area contributed by atoms with Crippen LogP contribution in [0.25, 0.3) is 32.4 Å². The molecule has 1 saturated carbocycles. The summed E-state index contributed by atoms with van der Waals surface area (Å²) in [6.07, 6.45) is 9.95. The van der Waals surface area contributed by atoms with E-state index in [1.54, 1.807) is 11.3 Å². The lowest BCUT2D eigenvalue weighted by molar-refractivity contribution is 0.359. The van der Waals surface area contributed by atoms with Crippen molar-refractivity contribution in [2.45, 2.75) is 38.1 Å². The number of hydrogen-bond donors (Lipinski definition) is 2. The van der Waals surface area contributed by atoms with Crippen molar-refractivity contribution in [3.05, 3.63) is 41.2 Å². The summed E-state index contributed by atoms with van der Waals surface area (Å²) in [5, 5.41) is 5.11. The van der Waals surface area contributed by atoms with E-state index in [-0.39, 0.29) is 18.0 Å². The first-order chi connectivity index (χ1) is 15.3. The van der Waals surface area contributed by atoms with Crippen molar-refractivity contribution in [1.82, 2.24) is 24.8 Å². The minimum absolute atomic E-state index is 0. The Morgan fingerprint density at radius 1 is 1.06 bits per heavy atom. The summed E-state index contributed by atoms with van der Waals surface area (Å²) in [5.41, 5.74) is 4.01. The zero-order valence-corrected chi connectivity index (χ0v) is 19.5. The van der Waals surface area contributed by atoms with Crippen molar-refractivity contribution in [2.24, 2.45) is 0 Å². The van der Waals surface area contributed by atoms with Gasteiger partial charge < -0.3 is 19.8 Å². The van der Waals surface area contributed by atoms with Crippen molar-refractivity contribution >= 4 is 50.7 Å². The number of piperazine rings is 1. The summed E-state index contributed by atoms with van der Waals surface area (Å²) in [4.78, 5) is 28.2. The Bertz CT molecular complexity index is 1300. The third-order valence-electron chi connectivity index (χ3n) is 6.69. The van der Waals surface area contributed by atoms with Crippen LogP contribution in [0.2, 0.25) is 0 Å². The van der Waals surface area contributed by atoms with Crippen LogP contribution in [0.5, 0.6) is 0 Å². The average molecular weight is 471 g/mol. The van der Waals surface area contributed by atoms with Gasteiger partial charge in [-0.25, -0.2) is 9.97 Å². The van der Waals surface area contributed by atoms with E-state index in [0.717, 1.165) is 52.7 Å². The molecule has 0 atom stereocenters. The van der Waals surface area contributed by atoms with E-state index in [4.69, 9.17) is 4.98 Å². The SMILES string of the molecule is Cl.O=c1[nH]cnc2c(-c3ccc4c(c3)ncn4C3CCCCC3)sc(N3CCNCC3)c12. The highest BCUT2D eigenvalue weighted by Gasteiger charge is 2.23. The van der Waals surface area contributed by atoms with E-state index in [9.17, 15) is 4.79 Å². The molecule has 168 valence electrons. The number of benzene rings is 1. The van der Waals surface area contributed by atoms with E-state index < -0.39 is 0 Å². The van der Waals surface area contributed by atoms with Crippen LogP contribution in [0.1, 0.15) is 38.1 Å². The molecule has 1 aliphatic heterocycles. The maximum atomic E-state index is 12.7. The molecular formula is C23H27ClN6OS. The van der Waals surface area contributed by atoms with Crippen LogP contribution >= 0.6 is 23.7 Å². The fourth-order valence-corrected chi connectivity index (χ4v) is 6.37.